The van der Waals surface area contributed by atoms with E-state index >= 15 is 0 Å². The number of aryl methyl sites for hydroxylation is 2. The van der Waals surface area contributed by atoms with E-state index in [0.717, 1.165) is 43.5 Å². The zero-order valence-electron chi connectivity index (χ0n) is 12.5. The molecule has 3 heteroatoms. The van der Waals surface area contributed by atoms with Gasteiger partial charge < -0.3 is 5.11 Å². The number of aliphatic hydroxyl groups is 1. The third-order valence-electron chi connectivity index (χ3n) is 3.48. The molecule has 0 saturated carbocycles. The number of hydrogen-bond donors (Lipinski definition) is 1. The Morgan fingerprint density at radius 3 is 2.28 bits per heavy atom. The molecule has 1 N–H and O–H groups in total. The van der Waals surface area contributed by atoms with Gasteiger partial charge in [0.25, 0.3) is 0 Å². The Hall–Kier alpha value is -0.830. The van der Waals surface area contributed by atoms with E-state index in [4.69, 9.17) is 5.10 Å². The lowest BCUT2D eigenvalue weighted by Crippen LogP contribution is -2.08. The summed E-state index contributed by atoms with van der Waals surface area (Å²) >= 11 is 0. The Morgan fingerprint density at radius 1 is 1.17 bits per heavy atom. The van der Waals surface area contributed by atoms with Crippen LogP contribution in [0.3, 0.4) is 0 Å². The third kappa shape index (κ3) is 3.35. The number of nitrogens with zero attached hydrogens (tertiary/aromatic N) is 2. The number of aliphatic hydroxyl groups excluding tert-OH is 1. The van der Waals surface area contributed by atoms with Gasteiger partial charge in [0.05, 0.1) is 11.8 Å². The van der Waals surface area contributed by atoms with Crippen molar-refractivity contribution in [2.24, 2.45) is 5.92 Å². The van der Waals surface area contributed by atoms with E-state index in [2.05, 4.69) is 32.4 Å². The van der Waals surface area contributed by atoms with Crippen LogP contribution in [-0.4, -0.2) is 14.9 Å². The highest BCUT2D eigenvalue weighted by molar-refractivity contribution is 5.29. The standard InChI is InChI=1S/C15H28N2O/c1-6-12-15(14(18)8-3)13(7-2)17(16-12)10-9-11(4)5/h11,14,18H,6-10H2,1-5H3. The van der Waals surface area contributed by atoms with Gasteiger partial charge in [0.1, 0.15) is 0 Å². The summed E-state index contributed by atoms with van der Waals surface area (Å²) in [7, 11) is 0. The first kappa shape index (κ1) is 15.2. The molecule has 1 rings (SSSR count). The van der Waals surface area contributed by atoms with Crippen LogP contribution in [0.4, 0.5) is 0 Å². The Morgan fingerprint density at radius 2 is 1.83 bits per heavy atom. The molecule has 0 aliphatic carbocycles. The number of rotatable bonds is 7. The van der Waals surface area contributed by atoms with Crippen molar-refractivity contribution < 1.29 is 5.11 Å². The van der Waals surface area contributed by atoms with Crippen molar-refractivity contribution in [2.45, 2.75) is 73.0 Å². The minimum atomic E-state index is -0.359. The van der Waals surface area contributed by atoms with Crippen LogP contribution in [0.15, 0.2) is 0 Å². The molecule has 3 nitrogen and oxygen atoms in total. The molecule has 0 saturated heterocycles. The van der Waals surface area contributed by atoms with Crippen LogP contribution >= 0.6 is 0 Å². The summed E-state index contributed by atoms with van der Waals surface area (Å²) in [6.07, 6.45) is 3.38. The number of aromatic nitrogens is 2. The van der Waals surface area contributed by atoms with Gasteiger partial charge in [-0.05, 0) is 31.6 Å². The summed E-state index contributed by atoms with van der Waals surface area (Å²) < 4.78 is 2.12. The predicted octanol–water partition coefficient (Wildman–Crippen LogP) is 3.50. The lowest BCUT2D eigenvalue weighted by molar-refractivity contribution is 0.171. The van der Waals surface area contributed by atoms with Crippen molar-refractivity contribution >= 4 is 0 Å². The van der Waals surface area contributed by atoms with Crippen molar-refractivity contribution in [1.82, 2.24) is 9.78 Å². The average Bonchev–Trinajstić information content (AvgIpc) is 2.72. The van der Waals surface area contributed by atoms with Crippen LogP contribution in [0.25, 0.3) is 0 Å². The molecule has 18 heavy (non-hydrogen) atoms. The maximum atomic E-state index is 10.2. The van der Waals surface area contributed by atoms with E-state index in [1.165, 1.54) is 5.69 Å². The zero-order chi connectivity index (χ0) is 13.7. The summed E-state index contributed by atoms with van der Waals surface area (Å²) in [5.74, 6) is 0.684. The fourth-order valence-electron chi connectivity index (χ4n) is 2.35. The van der Waals surface area contributed by atoms with Gasteiger partial charge in [-0.15, -0.1) is 0 Å². The fourth-order valence-corrected chi connectivity index (χ4v) is 2.35. The molecule has 0 radical (unpaired) electrons. The Kier molecular flexibility index (Phi) is 5.86. The van der Waals surface area contributed by atoms with Gasteiger partial charge in [-0.3, -0.25) is 4.68 Å². The van der Waals surface area contributed by atoms with Crippen molar-refractivity contribution in [3.05, 3.63) is 17.0 Å². The quantitative estimate of drug-likeness (QED) is 0.806. The third-order valence-corrected chi connectivity index (χ3v) is 3.48. The maximum Gasteiger partial charge on any atom is 0.0823 e. The summed E-state index contributed by atoms with van der Waals surface area (Å²) in [5.41, 5.74) is 3.39. The summed E-state index contributed by atoms with van der Waals surface area (Å²) in [6, 6.07) is 0. The molecule has 0 aromatic carbocycles. The van der Waals surface area contributed by atoms with E-state index in [-0.39, 0.29) is 6.10 Å². The molecule has 1 aromatic heterocycles. The van der Waals surface area contributed by atoms with E-state index < -0.39 is 0 Å². The molecular formula is C15H28N2O. The fraction of sp³-hybridized carbons (Fsp3) is 0.800. The molecule has 1 unspecified atom stereocenters. The lowest BCUT2D eigenvalue weighted by Gasteiger charge is -2.12. The second-order valence-corrected chi connectivity index (χ2v) is 5.34. The molecule has 0 fully saturated rings. The van der Waals surface area contributed by atoms with Gasteiger partial charge >= 0.3 is 0 Å². The first-order chi connectivity index (χ1) is 8.54. The topological polar surface area (TPSA) is 38.0 Å². The van der Waals surface area contributed by atoms with Gasteiger partial charge in [-0.2, -0.15) is 5.10 Å². The maximum absolute atomic E-state index is 10.2. The highest BCUT2D eigenvalue weighted by Gasteiger charge is 2.20. The molecule has 0 aliphatic rings. The highest BCUT2D eigenvalue weighted by atomic mass is 16.3. The van der Waals surface area contributed by atoms with Gasteiger partial charge in [0, 0.05) is 17.8 Å². The van der Waals surface area contributed by atoms with E-state index in [1.807, 2.05) is 6.92 Å². The van der Waals surface area contributed by atoms with Crippen LogP contribution in [0.1, 0.15) is 70.5 Å². The highest BCUT2D eigenvalue weighted by Crippen LogP contribution is 2.26. The first-order valence-electron chi connectivity index (χ1n) is 7.31. The van der Waals surface area contributed by atoms with Crippen molar-refractivity contribution in [2.75, 3.05) is 0 Å². The smallest absolute Gasteiger partial charge is 0.0823 e. The predicted molar refractivity (Wildman–Crippen MR) is 75.7 cm³/mol. The molecule has 0 amide bonds. The minimum absolute atomic E-state index is 0.359. The molecule has 1 atom stereocenters. The molecule has 104 valence electrons. The van der Waals surface area contributed by atoms with Crippen molar-refractivity contribution in [1.29, 1.82) is 0 Å². The second-order valence-electron chi connectivity index (χ2n) is 5.34. The van der Waals surface area contributed by atoms with Crippen LogP contribution < -0.4 is 0 Å². The average molecular weight is 252 g/mol. The van der Waals surface area contributed by atoms with E-state index in [9.17, 15) is 5.11 Å². The van der Waals surface area contributed by atoms with Gasteiger partial charge in [0.15, 0.2) is 0 Å². The summed E-state index contributed by atoms with van der Waals surface area (Å²) in [6.45, 7) is 11.7. The van der Waals surface area contributed by atoms with Crippen LogP contribution in [0.2, 0.25) is 0 Å². The summed E-state index contributed by atoms with van der Waals surface area (Å²) in [4.78, 5) is 0. The molecule has 0 spiro atoms. The van der Waals surface area contributed by atoms with Crippen molar-refractivity contribution in [3.8, 4) is 0 Å². The lowest BCUT2D eigenvalue weighted by atomic mass is 10.0. The van der Waals surface area contributed by atoms with Gasteiger partial charge in [-0.1, -0.05) is 34.6 Å². The Balaban J connectivity index is 3.07. The minimum Gasteiger partial charge on any atom is -0.388 e. The Labute approximate surface area is 111 Å². The van der Waals surface area contributed by atoms with E-state index in [1.54, 1.807) is 0 Å². The molecule has 0 aliphatic heterocycles. The SMILES string of the molecule is CCc1nn(CCC(C)C)c(CC)c1C(O)CC. The van der Waals surface area contributed by atoms with Crippen molar-refractivity contribution in [3.63, 3.8) is 0 Å². The first-order valence-corrected chi connectivity index (χ1v) is 7.31. The molecule has 0 bridgehead atoms. The van der Waals surface area contributed by atoms with Crippen LogP contribution in [0, 0.1) is 5.92 Å². The summed E-state index contributed by atoms with van der Waals surface area (Å²) in [5, 5.41) is 14.9. The molecule has 1 heterocycles. The van der Waals surface area contributed by atoms with Crippen LogP contribution in [0.5, 0.6) is 0 Å². The van der Waals surface area contributed by atoms with Gasteiger partial charge in [-0.25, -0.2) is 0 Å². The zero-order valence-corrected chi connectivity index (χ0v) is 12.5. The van der Waals surface area contributed by atoms with Gasteiger partial charge in [0.2, 0.25) is 0 Å². The normalized spacial score (nSPS) is 13.3. The van der Waals surface area contributed by atoms with Crippen LogP contribution in [-0.2, 0) is 19.4 Å². The Bertz CT molecular complexity index is 369. The monoisotopic (exact) mass is 252 g/mol. The molecular weight excluding hydrogens is 224 g/mol. The molecule has 1 aromatic rings. The number of hydrogen-bond acceptors (Lipinski definition) is 2. The second kappa shape index (κ2) is 6.93. The largest absolute Gasteiger partial charge is 0.388 e. The van der Waals surface area contributed by atoms with E-state index in [0.29, 0.717) is 5.92 Å².